The van der Waals surface area contributed by atoms with E-state index in [0.29, 0.717) is 6.21 Å². The summed E-state index contributed by atoms with van der Waals surface area (Å²) in [5.74, 6) is -5.04. The summed E-state index contributed by atoms with van der Waals surface area (Å²) in [4.78, 5) is 22.2. The first-order valence-corrected chi connectivity index (χ1v) is 4.87. The normalized spacial score (nSPS) is 11.5. The van der Waals surface area contributed by atoms with Crippen LogP contribution in [0.4, 0.5) is 8.78 Å². The minimum Gasteiger partial charge on any atom is -0.477 e. The second kappa shape index (κ2) is 5.71. The number of nitrogens with two attached hydrogens (primary N) is 1. The number of allylic oxidation sites excluding steroid dienone is 1. The van der Waals surface area contributed by atoms with Crippen molar-refractivity contribution in [1.82, 2.24) is 5.32 Å². The van der Waals surface area contributed by atoms with Crippen LogP contribution in [0.15, 0.2) is 29.6 Å². The SMILES string of the molecule is N=CC(NC(=O)c1c(F)cccc1F)=C(N)C(=O)O. The number of hydrogen-bond acceptors (Lipinski definition) is 4. The van der Waals surface area contributed by atoms with Crippen LogP contribution in [0.1, 0.15) is 10.4 Å². The van der Waals surface area contributed by atoms with E-state index < -0.39 is 40.5 Å². The Bertz CT molecular complexity index is 564. The molecule has 1 amide bonds. The molecule has 100 valence electrons. The third-order valence-electron chi connectivity index (χ3n) is 2.10. The van der Waals surface area contributed by atoms with E-state index in [-0.39, 0.29) is 0 Å². The molecule has 0 saturated carbocycles. The second-order valence-corrected chi connectivity index (χ2v) is 3.33. The Balaban J connectivity index is 3.13. The van der Waals surface area contributed by atoms with Crippen LogP contribution in [-0.2, 0) is 4.79 Å². The quantitative estimate of drug-likeness (QED) is 0.473. The molecule has 0 aliphatic carbocycles. The zero-order valence-electron chi connectivity index (χ0n) is 9.41. The zero-order valence-corrected chi connectivity index (χ0v) is 9.41. The summed E-state index contributed by atoms with van der Waals surface area (Å²) >= 11 is 0. The zero-order chi connectivity index (χ0) is 14.6. The van der Waals surface area contributed by atoms with Gasteiger partial charge in [-0.15, -0.1) is 0 Å². The molecular weight excluding hydrogens is 260 g/mol. The lowest BCUT2D eigenvalue weighted by Gasteiger charge is -2.08. The number of aliphatic carboxylic acids is 1. The molecular formula is C11H9F2N3O3. The molecule has 0 saturated heterocycles. The van der Waals surface area contributed by atoms with Crippen LogP contribution in [0.3, 0.4) is 0 Å². The summed E-state index contributed by atoms with van der Waals surface area (Å²) in [6.45, 7) is 0. The molecule has 6 nitrogen and oxygen atoms in total. The molecule has 0 heterocycles. The Labute approximate surface area is 106 Å². The smallest absolute Gasteiger partial charge is 0.353 e. The Kier molecular flexibility index (Phi) is 4.30. The van der Waals surface area contributed by atoms with Gasteiger partial charge < -0.3 is 21.6 Å². The number of benzene rings is 1. The van der Waals surface area contributed by atoms with E-state index in [1.54, 1.807) is 0 Å². The predicted molar refractivity (Wildman–Crippen MR) is 61.5 cm³/mol. The molecule has 1 rings (SSSR count). The number of carboxylic acids is 1. The largest absolute Gasteiger partial charge is 0.477 e. The lowest BCUT2D eigenvalue weighted by molar-refractivity contribution is -0.132. The number of rotatable bonds is 4. The Morgan fingerprint density at radius 1 is 1.32 bits per heavy atom. The van der Waals surface area contributed by atoms with Gasteiger partial charge in [0.1, 0.15) is 22.9 Å². The van der Waals surface area contributed by atoms with Crippen molar-refractivity contribution in [3.8, 4) is 0 Å². The van der Waals surface area contributed by atoms with Crippen LogP contribution in [-0.4, -0.2) is 23.2 Å². The lowest BCUT2D eigenvalue weighted by atomic mass is 10.1. The average Bonchev–Trinajstić information content (AvgIpc) is 2.34. The first-order valence-electron chi connectivity index (χ1n) is 4.87. The van der Waals surface area contributed by atoms with Crippen LogP contribution < -0.4 is 11.1 Å². The van der Waals surface area contributed by atoms with Crippen molar-refractivity contribution in [2.75, 3.05) is 0 Å². The van der Waals surface area contributed by atoms with Gasteiger partial charge >= 0.3 is 5.97 Å². The van der Waals surface area contributed by atoms with E-state index in [4.69, 9.17) is 16.2 Å². The summed E-state index contributed by atoms with van der Waals surface area (Å²) < 4.78 is 26.6. The number of halogens is 2. The molecule has 0 radical (unpaired) electrons. The highest BCUT2D eigenvalue weighted by molar-refractivity contribution is 6.02. The van der Waals surface area contributed by atoms with Crippen molar-refractivity contribution >= 4 is 18.1 Å². The summed E-state index contributed by atoms with van der Waals surface area (Å²) in [6.07, 6.45) is 0.458. The fraction of sp³-hybridized carbons (Fsp3) is 0. The van der Waals surface area contributed by atoms with Crippen molar-refractivity contribution in [2.24, 2.45) is 5.73 Å². The predicted octanol–water partition coefficient (Wildman–Crippen LogP) is 0.599. The van der Waals surface area contributed by atoms with Crippen molar-refractivity contribution in [3.63, 3.8) is 0 Å². The molecule has 1 aromatic carbocycles. The third-order valence-corrected chi connectivity index (χ3v) is 2.10. The van der Waals surface area contributed by atoms with Gasteiger partial charge in [0.25, 0.3) is 5.91 Å². The molecule has 5 N–H and O–H groups in total. The first-order chi connectivity index (χ1) is 8.88. The van der Waals surface area contributed by atoms with Crippen LogP contribution in [0.25, 0.3) is 0 Å². The summed E-state index contributed by atoms with van der Waals surface area (Å²) in [7, 11) is 0. The number of carbonyl (C=O) groups excluding carboxylic acids is 1. The topological polar surface area (TPSA) is 116 Å². The van der Waals surface area contributed by atoms with Crippen LogP contribution >= 0.6 is 0 Å². The number of amides is 1. The van der Waals surface area contributed by atoms with Gasteiger partial charge in [0, 0.05) is 6.21 Å². The summed E-state index contributed by atoms with van der Waals surface area (Å²) in [6, 6.07) is 2.80. The van der Waals surface area contributed by atoms with Gasteiger partial charge in [0.05, 0.1) is 5.70 Å². The average molecular weight is 269 g/mol. The minimum atomic E-state index is -1.58. The van der Waals surface area contributed by atoms with Crippen molar-refractivity contribution in [2.45, 2.75) is 0 Å². The molecule has 0 bridgehead atoms. The van der Waals surface area contributed by atoms with Crippen LogP contribution in [0.5, 0.6) is 0 Å². The van der Waals surface area contributed by atoms with Crippen molar-refractivity contribution in [1.29, 1.82) is 5.41 Å². The Morgan fingerprint density at radius 2 is 1.84 bits per heavy atom. The van der Waals surface area contributed by atoms with E-state index in [1.807, 2.05) is 5.32 Å². The highest BCUT2D eigenvalue weighted by Crippen LogP contribution is 2.12. The molecule has 8 heteroatoms. The molecule has 0 aliphatic rings. The van der Waals surface area contributed by atoms with E-state index >= 15 is 0 Å². The lowest BCUT2D eigenvalue weighted by Crippen LogP contribution is -2.30. The monoisotopic (exact) mass is 269 g/mol. The maximum absolute atomic E-state index is 13.3. The van der Waals surface area contributed by atoms with Crippen molar-refractivity contribution in [3.05, 3.63) is 46.8 Å². The summed E-state index contributed by atoms with van der Waals surface area (Å²) in [5.41, 5.74) is 2.82. The van der Waals surface area contributed by atoms with Gasteiger partial charge in [0.2, 0.25) is 0 Å². The van der Waals surface area contributed by atoms with Crippen LogP contribution in [0, 0.1) is 17.0 Å². The third kappa shape index (κ3) is 3.12. The van der Waals surface area contributed by atoms with Gasteiger partial charge in [-0.2, -0.15) is 0 Å². The standard InChI is InChI=1S/C11H9F2N3O3/c12-5-2-1-3-6(13)8(5)10(17)16-7(4-14)9(15)11(18)19/h1-4,14H,15H2,(H,16,17)(H,18,19). The Hall–Kier alpha value is -2.77. The number of nitrogens with one attached hydrogen (secondary N) is 2. The highest BCUT2D eigenvalue weighted by atomic mass is 19.1. The van der Waals surface area contributed by atoms with Crippen LogP contribution in [0.2, 0.25) is 0 Å². The van der Waals surface area contributed by atoms with Gasteiger partial charge in [-0.3, -0.25) is 4.79 Å². The maximum Gasteiger partial charge on any atom is 0.353 e. The van der Waals surface area contributed by atoms with E-state index in [2.05, 4.69) is 0 Å². The second-order valence-electron chi connectivity index (χ2n) is 3.33. The van der Waals surface area contributed by atoms with Gasteiger partial charge in [-0.25, -0.2) is 13.6 Å². The Morgan fingerprint density at radius 3 is 2.26 bits per heavy atom. The maximum atomic E-state index is 13.3. The number of hydrogen-bond donors (Lipinski definition) is 4. The van der Waals surface area contributed by atoms with E-state index in [1.165, 1.54) is 0 Å². The molecule has 0 atom stereocenters. The number of carbonyl (C=O) groups is 2. The van der Waals surface area contributed by atoms with E-state index in [0.717, 1.165) is 18.2 Å². The van der Waals surface area contributed by atoms with Gasteiger partial charge in [0.15, 0.2) is 0 Å². The minimum absolute atomic E-state index is 0.458. The highest BCUT2D eigenvalue weighted by Gasteiger charge is 2.19. The molecule has 0 aromatic heterocycles. The fourth-order valence-corrected chi connectivity index (χ4v) is 1.20. The van der Waals surface area contributed by atoms with E-state index in [9.17, 15) is 18.4 Å². The molecule has 1 aromatic rings. The first kappa shape index (κ1) is 14.3. The van der Waals surface area contributed by atoms with Gasteiger partial charge in [-0.05, 0) is 12.1 Å². The fourth-order valence-electron chi connectivity index (χ4n) is 1.20. The molecule has 0 aliphatic heterocycles. The summed E-state index contributed by atoms with van der Waals surface area (Å²) in [5, 5.41) is 17.4. The number of carboxylic acid groups (broad SMARTS) is 1. The molecule has 0 fully saturated rings. The molecule has 0 unspecified atom stereocenters. The van der Waals surface area contributed by atoms with Crippen molar-refractivity contribution < 1.29 is 23.5 Å². The van der Waals surface area contributed by atoms with Gasteiger partial charge in [-0.1, -0.05) is 6.07 Å². The molecule has 0 spiro atoms. The molecule has 19 heavy (non-hydrogen) atoms.